The highest BCUT2D eigenvalue weighted by atomic mass is 79.9. The number of hydrogen-bond donors (Lipinski definition) is 1. The van der Waals surface area contributed by atoms with Gasteiger partial charge in [0.1, 0.15) is 11.5 Å². The van der Waals surface area contributed by atoms with Gasteiger partial charge in [0.05, 0.1) is 24.6 Å². The second kappa shape index (κ2) is 3.18. The molecule has 0 aliphatic carbocycles. The molecule has 3 heterocycles. The van der Waals surface area contributed by atoms with Crippen LogP contribution in [0.15, 0.2) is 17.0 Å². The van der Waals surface area contributed by atoms with E-state index in [2.05, 4.69) is 30.5 Å². The number of hydrogen-bond acceptors (Lipinski definition) is 4. The minimum absolute atomic E-state index is 0.378. The summed E-state index contributed by atoms with van der Waals surface area (Å²) in [6, 6.07) is 2.32. The zero-order valence-corrected chi connectivity index (χ0v) is 9.44. The van der Waals surface area contributed by atoms with Crippen LogP contribution in [-0.2, 0) is 4.74 Å². The van der Waals surface area contributed by atoms with Crippen molar-refractivity contribution in [2.24, 2.45) is 0 Å². The summed E-state index contributed by atoms with van der Waals surface area (Å²) in [5, 5.41) is 0.894. The Hall–Kier alpha value is -1.14. The highest BCUT2D eigenvalue weighted by Crippen LogP contribution is 2.26. The third-order valence-corrected chi connectivity index (χ3v) is 2.94. The first-order valence-corrected chi connectivity index (χ1v) is 5.42. The first-order chi connectivity index (χ1) is 7.25. The van der Waals surface area contributed by atoms with Crippen LogP contribution in [0, 0.1) is 0 Å². The highest BCUT2D eigenvalue weighted by Gasteiger charge is 2.22. The molecular weight excluding hydrogens is 260 g/mol. The van der Waals surface area contributed by atoms with E-state index in [0.29, 0.717) is 16.6 Å². The molecule has 0 unspecified atom stereocenters. The quantitative estimate of drug-likeness (QED) is 0.793. The van der Waals surface area contributed by atoms with Crippen molar-refractivity contribution in [3.8, 4) is 0 Å². The van der Waals surface area contributed by atoms with Gasteiger partial charge in [-0.15, -0.1) is 0 Å². The summed E-state index contributed by atoms with van der Waals surface area (Å²) in [4.78, 5) is 8.39. The Balaban J connectivity index is 2.23. The molecule has 1 fully saturated rings. The molecule has 5 nitrogen and oxygen atoms in total. The molecule has 15 heavy (non-hydrogen) atoms. The normalized spacial score (nSPS) is 16.9. The van der Waals surface area contributed by atoms with Gasteiger partial charge in [-0.1, -0.05) is 0 Å². The molecular formula is C9H9BrN4O. The number of nitrogen functional groups attached to an aromatic ring is 1. The van der Waals surface area contributed by atoms with E-state index in [-0.39, 0.29) is 0 Å². The molecule has 0 bridgehead atoms. The maximum Gasteiger partial charge on any atom is 0.200 e. The monoisotopic (exact) mass is 268 g/mol. The first kappa shape index (κ1) is 9.11. The fourth-order valence-electron chi connectivity index (χ4n) is 1.71. The number of rotatable bonds is 1. The standard InChI is InChI=1S/C9H9BrN4O/c10-9-12-7(11)6-1-2-14(8(6)13-9)5-3-15-4-5/h1-2,5H,3-4H2,(H2,11,12,13). The molecule has 6 heteroatoms. The lowest BCUT2D eigenvalue weighted by Crippen LogP contribution is -2.30. The second-order valence-electron chi connectivity index (χ2n) is 3.53. The van der Waals surface area contributed by atoms with Crippen LogP contribution in [-0.4, -0.2) is 27.7 Å². The van der Waals surface area contributed by atoms with Gasteiger partial charge in [-0.2, -0.15) is 0 Å². The summed E-state index contributed by atoms with van der Waals surface area (Å²) in [6.45, 7) is 1.48. The number of nitrogens with zero attached hydrogens (tertiary/aromatic N) is 3. The number of fused-ring (bicyclic) bond motifs is 1. The van der Waals surface area contributed by atoms with E-state index in [9.17, 15) is 0 Å². The van der Waals surface area contributed by atoms with Gasteiger partial charge >= 0.3 is 0 Å². The van der Waals surface area contributed by atoms with E-state index in [1.54, 1.807) is 0 Å². The number of anilines is 1. The fraction of sp³-hybridized carbons (Fsp3) is 0.333. The Labute approximate surface area is 94.4 Å². The minimum Gasteiger partial charge on any atom is -0.383 e. The molecule has 1 aliphatic heterocycles. The predicted molar refractivity (Wildman–Crippen MR) is 59.5 cm³/mol. The van der Waals surface area contributed by atoms with Gasteiger partial charge < -0.3 is 15.0 Å². The van der Waals surface area contributed by atoms with Crippen molar-refractivity contribution in [3.63, 3.8) is 0 Å². The Kier molecular flexibility index (Phi) is 1.93. The van der Waals surface area contributed by atoms with Crippen LogP contribution in [0.3, 0.4) is 0 Å². The van der Waals surface area contributed by atoms with E-state index >= 15 is 0 Å². The zero-order valence-electron chi connectivity index (χ0n) is 7.85. The van der Waals surface area contributed by atoms with Gasteiger partial charge in [0.25, 0.3) is 0 Å². The number of halogens is 1. The zero-order chi connectivity index (χ0) is 10.4. The molecule has 0 radical (unpaired) electrons. The summed E-state index contributed by atoms with van der Waals surface area (Å²) in [5.41, 5.74) is 6.67. The van der Waals surface area contributed by atoms with E-state index in [1.165, 1.54) is 0 Å². The fourth-order valence-corrected chi connectivity index (χ4v) is 2.07. The minimum atomic E-state index is 0.378. The van der Waals surface area contributed by atoms with Crippen molar-refractivity contribution in [2.75, 3.05) is 18.9 Å². The largest absolute Gasteiger partial charge is 0.383 e. The second-order valence-corrected chi connectivity index (χ2v) is 4.24. The molecule has 0 amide bonds. The van der Waals surface area contributed by atoms with Crippen molar-refractivity contribution >= 4 is 32.8 Å². The average molecular weight is 269 g/mol. The molecule has 0 atom stereocenters. The molecule has 3 rings (SSSR count). The molecule has 0 saturated carbocycles. The van der Waals surface area contributed by atoms with E-state index < -0.39 is 0 Å². The maximum atomic E-state index is 5.80. The van der Waals surface area contributed by atoms with Crippen LogP contribution < -0.4 is 5.73 Å². The Morgan fingerprint density at radius 1 is 1.47 bits per heavy atom. The first-order valence-electron chi connectivity index (χ1n) is 4.63. The molecule has 2 N–H and O–H groups in total. The summed E-state index contributed by atoms with van der Waals surface area (Å²) in [6.07, 6.45) is 1.98. The molecule has 0 aromatic carbocycles. The SMILES string of the molecule is Nc1nc(Br)nc2c1ccn2C1COC1. The average Bonchev–Trinajstić information content (AvgIpc) is 2.46. The van der Waals surface area contributed by atoms with E-state index in [0.717, 1.165) is 24.2 Å². The molecule has 2 aromatic heterocycles. The van der Waals surface area contributed by atoms with Crippen molar-refractivity contribution in [3.05, 3.63) is 17.0 Å². The molecule has 1 aliphatic rings. The lowest BCUT2D eigenvalue weighted by molar-refractivity contribution is -0.0216. The smallest absolute Gasteiger partial charge is 0.200 e. The topological polar surface area (TPSA) is 66.0 Å². The predicted octanol–water partition coefficient (Wildman–Crippen LogP) is 1.35. The van der Waals surface area contributed by atoms with Crippen molar-refractivity contribution in [1.29, 1.82) is 0 Å². The highest BCUT2D eigenvalue weighted by molar-refractivity contribution is 9.10. The Morgan fingerprint density at radius 2 is 2.27 bits per heavy atom. The summed E-state index contributed by atoms with van der Waals surface area (Å²) in [7, 11) is 0. The van der Waals surface area contributed by atoms with E-state index in [1.807, 2.05) is 12.3 Å². The molecule has 1 saturated heterocycles. The van der Waals surface area contributed by atoms with Gasteiger partial charge in [-0.25, -0.2) is 9.97 Å². The maximum absolute atomic E-state index is 5.80. The number of nitrogens with two attached hydrogens (primary N) is 1. The number of ether oxygens (including phenoxy) is 1. The van der Waals surface area contributed by atoms with Crippen LogP contribution in [0.25, 0.3) is 11.0 Å². The summed E-state index contributed by atoms with van der Waals surface area (Å²) < 4.78 is 7.77. The van der Waals surface area contributed by atoms with Crippen LogP contribution >= 0.6 is 15.9 Å². The lowest BCUT2D eigenvalue weighted by atomic mass is 10.2. The summed E-state index contributed by atoms with van der Waals surface area (Å²) in [5.74, 6) is 0.505. The van der Waals surface area contributed by atoms with Crippen LogP contribution in [0.1, 0.15) is 6.04 Å². The number of aromatic nitrogens is 3. The lowest BCUT2D eigenvalue weighted by Gasteiger charge is -2.27. The third kappa shape index (κ3) is 1.32. The molecule has 2 aromatic rings. The van der Waals surface area contributed by atoms with Gasteiger partial charge in [0.15, 0.2) is 0 Å². The Morgan fingerprint density at radius 3 is 2.93 bits per heavy atom. The van der Waals surface area contributed by atoms with Crippen LogP contribution in [0.4, 0.5) is 5.82 Å². The van der Waals surface area contributed by atoms with Gasteiger partial charge in [0.2, 0.25) is 4.73 Å². The van der Waals surface area contributed by atoms with E-state index in [4.69, 9.17) is 10.5 Å². The van der Waals surface area contributed by atoms with Crippen LogP contribution in [0.2, 0.25) is 0 Å². The molecule has 78 valence electrons. The van der Waals surface area contributed by atoms with Crippen molar-refractivity contribution in [2.45, 2.75) is 6.04 Å². The van der Waals surface area contributed by atoms with Gasteiger partial charge in [0, 0.05) is 6.20 Å². The van der Waals surface area contributed by atoms with Gasteiger partial charge in [-0.05, 0) is 22.0 Å². The molecule has 0 spiro atoms. The van der Waals surface area contributed by atoms with Crippen molar-refractivity contribution < 1.29 is 4.74 Å². The third-order valence-electron chi connectivity index (χ3n) is 2.59. The summed E-state index contributed by atoms with van der Waals surface area (Å²) >= 11 is 3.24. The Bertz CT molecular complexity index is 520. The van der Waals surface area contributed by atoms with Crippen molar-refractivity contribution in [1.82, 2.24) is 14.5 Å². The van der Waals surface area contributed by atoms with Crippen LogP contribution in [0.5, 0.6) is 0 Å². The van der Waals surface area contributed by atoms with Gasteiger partial charge in [-0.3, -0.25) is 0 Å².